The first kappa shape index (κ1) is 6.28. The fraction of sp³-hybridized carbons (Fsp3) is 0.111. The molecule has 2 aliphatic rings. The zero-order chi connectivity index (χ0) is 7.84. The predicted molar refractivity (Wildman–Crippen MR) is 43.8 cm³/mol. The van der Waals surface area contributed by atoms with Gasteiger partial charge in [-0.1, -0.05) is 6.07 Å². The lowest BCUT2D eigenvalue weighted by Crippen LogP contribution is -1.81. The summed E-state index contributed by atoms with van der Waals surface area (Å²) >= 11 is 0. The largest absolute Gasteiger partial charge is 0.507 e. The van der Waals surface area contributed by atoms with Crippen molar-refractivity contribution in [3.8, 4) is 17.0 Å². The van der Waals surface area contributed by atoms with Gasteiger partial charge in [0.15, 0.2) is 0 Å². The highest BCUT2D eigenvalue weighted by molar-refractivity contribution is 5.73. The number of hydrogen-bond donors (Lipinski definition) is 2. The molecule has 0 atom stereocenters. The number of aromatic nitrogens is 1. The summed E-state index contributed by atoms with van der Waals surface area (Å²) in [7, 11) is 0. The zero-order valence-corrected chi connectivity index (χ0v) is 6.26. The molecule has 11 heavy (non-hydrogen) atoms. The van der Waals surface area contributed by atoms with E-state index in [4.69, 9.17) is 0 Å². The van der Waals surface area contributed by atoms with Crippen LogP contribution in [0.25, 0.3) is 11.3 Å². The number of H-pyrrole nitrogens is 1. The summed E-state index contributed by atoms with van der Waals surface area (Å²) < 4.78 is 0. The van der Waals surface area contributed by atoms with Crippen LogP contribution in [-0.2, 0) is 0 Å². The van der Waals surface area contributed by atoms with E-state index in [1.54, 1.807) is 12.3 Å². The molecule has 1 heterocycles. The molecule has 2 heteroatoms. The van der Waals surface area contributed by atoms with Crippen LogP contribution >= 0.6 is 0 Å². The second-order valence-electron chi connectivity index (χ2n) is 2.67. The Balaban J connectivity index is 2.82. The number of fused-ring (bicyclic) bond motifs is 1. The molecular weight excluding hydrogens is 138 g/mol. The van der Waals surface area contributed by atoms with E-state index in [0.29, 0.717) is 5.75 Å². The van der Waals surface area contributed by atoms with Gasteiger partial charge in [0, 0.05) is 17.5 Å². The standard InChI is InChI=1S/C9H9NO/c1-6-2-3-7-9(6)8(11)4-5-10-7/h2-5,10-11H,1H3. The zero-order valence-electron chi connectivity index (χ0n) is 6.26. The van der Waals surface area contributed by atoms with E-state index in [1.165, 1.54) is 0 Å². The Hall–Kier alpha value is -1.44. The van der Waals surface area contributed by atoms with Crippen LogP contribution in [0.4, 0.5) is 0 Å². The summed E-state index contributed by atoms with van der Waals surface area (Å²) in [6.07, 6.45) is 1.73. The molecule has 0 spiro atoms. The Morgan fingerprint density at radius 2 is 2.09 bits per heavy atom. The van der Waals surface area contributed by atoms with Gasteiger partial charge in [0.05, 0.1) is 0 Å². The van der Waals surface area contributed by atoms with Crippen LogP contribution in [0.5, 0.6) is 5.75 Å². The third-order valence-corrected chi connectivity index (χ3v) is 1.90. The van der Waals surface area contributed by atoms with Gasteiger partial charge in [0.25, 0.3) is 0 Å². The molecule has 0 saturated carbocycles. The van der Waals surface area contributed by atoms with E-state index in [9.17, 15) is 5.11 Å². The second kappa shape index (κ2) is 2.02. The molecule has 0 fully saturated rings. The van der Waals surface area contributed by atoms with E-state index in [0.717, 1.165) is 16.8 Å². The van der Waals surface area contributed by atoms with Crippen molar-refractivity contribution >= 4 is 0 Å². The molecule has 56 valence electrons. The van der Waals surface area contributed by atoms with Crippen LogP contribution < -0.4 is 0 Å². The number of hydrogen-bond acceptors (Lipinski definition) is 1. The van der Waals surface area contributed by atoms with Gasteiger partial charge in [0.1, 0.15) is 5.75 Å². The van der Waals surface area contributed by atoms with Gasteiger partial charge in [-0.3, -0.25) is 0 Å². The molecule has 0 unspecified atom stereocenters. The first-order chi connectivity index (χ1) is 5.29. The third kappa shape index (κ3) is 0.792. The van der Waals surface area contributed by atoms with E-state index in [2.05, 4.69) is 4.98 Å². The Bertz CT molecular complexity index is 351. The van der Waals surface area contributed by atoms with Gasteiger partial charge >= 0.3 is 0 Å². The van der Waals surface area contributed by atoms with Gasteiger partial charge in [-0.15, -0.1) is 0 Å². The molecule has 2 nitrogen and oxygen atoms in total. The van der Waals surface area contributed by atoms with Crippen molar-refractivity contribution in [3.05, 3.63) is 30.0 Å². The summed E-state index contributed by atoms with van der Waals surface area (Å²) in [4.78, 5) is 3.05. The van der Waals surface area contributed by atoms with Crippen LogP contribution in [0.15, 0.2) is 24.4 Å². The fourth-order valence-corrected chi connectivity index (χ4v) is 1.34. The van der Waals surface area contributed by atoms with Crippen LogP contribution in [0, 0.1) is 6.92 Å². The highest BCUT2D eigenvalue weighted by Crippen LogP contribution is 2.32. The summed E-state index contributed by atoms with van der Waals surface area (Å²) in [5, 5.41) is 9.42. The van der Waals surface area contributed by atoms with E-state index in [-0.39, 0.29) is 0 Å². The maximum Gasteiger partial charge on any atom is 0.126 e. The van der Waals surface area contributed by atoms with Crippen molar-refractivity contribution in [2.24, 2.45) is 0 Å². The van der Waals surface area contributed by atoms with Gasteiger partial charge in [0.2, 0.25) is 0 Å². The summed E-state index contributed by atoms with van der Waals surface area (Å²) in [6.45, 7) is 1.98. The minimum absolute atomic E-state index is 0.348. The normalized spacial score (nSPS) is 10.6. The highest BCUT2D eigenvalue weighted by atomic mass is 16.3. The number of nitrogens with one attached hydrogen (secondary N) is 1. The quantitative estimate of drug-likeness (QED) is 0.588. The van der Waals surface area contributed by atoms with Crippen molar-refractivity contribution in [2.45, 2.75) is 6.92 Å². The van der Waals surface area contributed by atoms with Crippen LogP contribution in [0.3, 0.4) is 0 Å². The molecule has 1 aliphatic heterocycles. The molecule has 0 aromatic carbocycles. The third-order valence-electron chi connectivity index (χ3n) is 1.90. The maximum atomic E-state index is 9.42. The molecule has 0 bridgehead atoms. The Labute approximate surface area is 64.8 Å². The molecule has 0 saturated heterocycles. The Kier molecular flexibility index (Phi) is 1.15. The molecular formula is C9H9NO. The van der Waals surface area contributed by atoms with Crippen LogP contribution in [0.2, 0.25) is 0 Å². The van der Waals surface area contributed by atoms with Crippen molar-refractivity contribution in [1.82, 2.24) is 4.98 Å². The van der Waals surface area contributed by atoms with Gasteiger partial charge < -0.3 is 10.1 Å². The maximum absolute atomic E-state index is 9.42. The molecule has 0 amide bonds. The molecule has 2 N–H and O–H groups in total. The van der Waals surface area contributed by atoms with Crippen molar-refractivity contribution < 1.29 is 5.11 Å². The average molecular weight is 147 g/mol. The van der Waals surface area contributed by atoms with Gasteiger partial charge in [-0.2, -0.15) is 0 Å². The first-order valence-corrected chi connectivity index (χ1v) is 3.54. The number of aromatic amines is 1. The van der Waals surface area contributed by atoms with Crippen molar-refractivity contribution in [3.63, 3.8) is 0 Å². The van der Waals surface area contributed by atoms with E-state index >= 15 is 0 Å². The topological polar surface area (TPSA) is 36.0 Å². The predicted octanol–water partition coefficient (Wildman–Crippen LogP) is 2.13. The summed E-state index contributed by atoms with van der Waals surface area (Å²) in [5.41, 5.74) is 3.02. The number of aryl methyl sites for hydroxylation is 1. The lowest BCUT2D eigenvalue weighted by atomic mass is 10.1. The highest BCUT2D eigenvalue weighted by Gasteiger charge is 2.09. The summed E-state index contributed by atoms with van der Waals surface area (Å²) in [6, 6.07) is 5.61. The van der Waals surface area contributed by atoms with Crippen molar-refractivity contribution in [2.75, 3.05) is 0 Å². The number of rotatable bonds is 0. The van der Waals surface area contributed by atoms with E-state index in [1.807, 2.05) is 19.1 Å². The Morgan fingerprint density at radius 1 is 1.27 bits per heavy atom. The fourth-order valence-electron chi connectivity index (χ4n) is 1.34. The molecule has 1 aliphatic carbocycles. The van der Waals surface area contributed by atoms with E-state index < -0.39 is 0 Å². The molecule has 2 rings (SSSR count). The van der Waals surface area contributed by atoms with Crippen LogP contribution in [-0.4, -0.2) is 10.1 Å². The number of pyridine rings is 1. The molecule has 0 aromatic rings. The number of aromatic hydroxyl groups is 1. The average Bonchev–Trinajstić information content (AvgIpc) is 2.34. The summed E-state index contributed by atoms with van der Waals surface area (Å²) in [5.74, 6) is 0.348. The minimum Gasteiger partial charge on any atom is -0.507 e. The second-order valence-corrected chi connectivity index (χ2v) is 2.67. The lowest BCUT2D eigenvalue weighted by Gasteiger charge is -2.02. The minimum atomic E-state index is 0.348. The smallest absolute Gasteiger partial charge is 0.126 e. The van der Waals surface area contributed by atoms with Crippen molar-refractivity contribution in [1.29, 1.82) is 0 Å². The van der Waals surface area contributed by atoms with Gasteiger partial charge in [-0.25, -0.2) is 0 Å². The van der Waals surface area contributed by atoms with Gasteiger partial charge in [-0.05, 0) is 24.6 Å². The SMILES string of the molecule is Cc1ccc2[nH]ccc(O)c1-2. The lowest BCUT2D eigenvalue weighted by molar-refractivity contribution is 0.476. The monoisotopic (exact) mass is 147 g/mol. The Morgan fingerprint density at radius 3 is 2.82 bits per heavy atom. The first-order valence-electron chi connectivity index (χ1n) is 3.54. The molecule has 0 aromatic heterocycles. The molecule has 0 radical (unpaired) electrons. The van der Waals surface area contributed by atoms with Crippen LogP contribution in [0.1, 0.15) is 5.56 Å².